The maximum atomic E-state index is 6.70. The lowest BCUT2D eigenvalue weighted by Crippen LogP contribution is -1.98. The molecule has 4 nitrogen and oxygen atoms in total. The number of benzene rings is 6. The van der Waals surface area contributed by atoms with E-state index < -0.39 is 0 Å². The third-order valence-corrected chi connectivity index (χ3v) is 10.0. The summed E-state index contributed by atoms with van der Waals surface area (Å²) in [6.07, 6.45) is 2.30. The lowest BCUT2D eigenvalue weighted by molar-refractivity contribution is 0.666. The summed E-state index contributed by atoms with van der Waals surface area (Å²) in [7, 11) is 0. The van der Waals surface area contributed by atoms with E-state index in [4.69, 9.17) is 4.42 Å². The first kappa shape index (κ1) is 27.1. The van der Waals surface area contributed by atoms with Gasteiger partial charge in [0.15, 0.2) is 5.58 Å². The highest BCUT2D eigenvalue weighted by molar-refractivity contribution is 6.19. The van der Waals surface area contributed by atoms with Crippen molar-refractivity contribution in [3.63, 3.8) is 0 Å². The lowest BCUT2D eigenvalue weighted by Gasteiger charge is -2.12. The molecule has 0 radical (unpaired) electrons. The highest BCUT2D eigenvalue weighted by Crippen LogP contribution is 2.42. The quantitative estimate of drug-likeness (QED) is 0.182. The Hall–Kier alpha value is -6.00. The molecule has 230 valence electrons. The van der Waals surface area contributed by atoms with E-state index in [1.165, 1.54) is 38.4 Å². The fraction of sp³-hybridized carbons (Fsp3) is 0.0909. The Morgan fingerprint density at radius 3 is 1.85 bits per heavy atom. The Morgan fingerprint density at radius 2 is 1.10 bits per heavy atom. The number of para-hydroxylation sites is 3. The van der Waals surface area contributed by atoms with Crippen molar-refractivity contribution in [2.75, 3.05) is 0 Å². The van der Waals surface area contributed by atoms with Gasteiger partial charge in [-0.05, 0) is 72.1 Å². The van der Waals surface area contributed by atoms with Gasteiger partial charge < -0.3 is 18.1 Å². The number of rotatable bonds is 6. The molecule has 0 spiro atoms. The maximum absolute atomic E-state index is 6.70. The molecule has 0 atom stereocenters. The van der Waals surface area contributed by atoms with Crippen LogP contribution in [0.2, 0.25) is 0 Å². The summed E-state index contributed by atoms with van der Waals surface area (Å²) in [4.78, 5) is 0. The third-order valence-electron chi connectivity index (χ3n) is 10.0. The van der Waals surface area contributed by atoms with Crippen LogP contribution >= 0.6 is 0 Å². The van der Waals surface area contributed by atoms with Crippen molar-refractivity contribution in [3.8, 4) is 22.5 Å². The zero-order chi connectivity index (χ0) is 31.8. The largest absolute Gasteiger partial charge is 0.454 e. The molecular formula is C44H33N3O. The zero-order valence-electron chi connectivity index (χ0n) is 26.7. The van der Waals surface area contributed by atoms with E-state index in [1.807, 2.05) is 0 Å². The fourth-order valence-corrected chi connectivity index (χ4v) is 7.91. The molecule has 10 aromatic rings. The monoisotopic (exact) mass is 619 g/mol. The molecule has 0 bridgehead atoms. The number of hydrogen-bond donors (Lipinski definition) is 0. The zero-order valence-corrected chi connectivity index (χ0v) is 26.7. The summed E-state index contributed by atoms with van der Waals surface area (Å²) < 4.78 is 14.1. The molecule has 0 amide bonds. The van der Waals surface area contributed by atoms with Crippen molar-refractivity contribution in [1.82, 2.24) is 13.7 Å². The van der Waals surface area contributed by atoms with Gasteiger partial charge in [0.2, 0.25) is 0 Å². The molecule has 0 unspecified atom stereocenters. The molecule has 0 fully saturated rings. The summed E-state index contributed by atoms with van der Waals surface area (Å²) in [6.45, 7) is 3.27. The van der Waals surface area contributed by atoms with Gasteiger partial charge in [0.05, 0.1) is 27.6 Å². The Bertz CT molecular complexity index is 2820. The van der Waals surface area contributed by atoms with E-state index >= 15 is 0 Å². The van der Waals surface area contributed by atoms with Crippen molar-refractivity contribution < 1.29 is 4.42 Å². The smallest absolute Gasteiger partial charge is 0.161 e. The predicted molar refractivity (Wildman–Crippen MR) is 201 cm³/mol. The molecule has 0 aliphatic carbocycles. The van der Waals surface area contributed by atoms with Crippen molar-refractivity contribution >= 4 is 65.8 Å². The second-order valence-corrected chi connectivity index (χ2v) is 12.8. The minimum absolute atomic E-state index is 0.898. The van der Waals surface area contributed by atoms with Crippen LogP contribution in [0.3, 0.4) is 0 Å². The first-order valence-electron chi connectivity index (χ1n) is 16.9. The highest BCUT2D eigenvalue weighted by Gasteiger charge is 2.23. The first-order valence-corrected chi connectivity index (χ1v) is 16.9. The van der Waals surface area contributed by atoms with E-state index in [-0.39, 0.29) is 0 Å². The van der Waals surface area contributed by atoms with E-state index in [0.717, 1.165) is 69.3 Å². The van der Waals surface area contributed by atoms with Crippen molar-refractivity contribution in [2.45, 2.75) is 26.3 Å². The molecule has 0 N–H and O–H groups in total. The van der Waals surface area contributed by atoms with Crippen LogP contribution in [0.5, 0.6) is 0 Å². The second-order valence-electron chi connectivity index (χ2n) is 12.8. The number of hydrogen-bond acceptors (Lipinski definition) is 1. The molecule has 0 aliphatic rings. The van der Waals surface area contributed by atoms with Gasteiger partial charge in [0.25, 0.3) is 0 Å². The van der Waals surface area contributed by atoms with Gasteiger partial charge in [0, 0.05) is 39.5 Å². The number of aryl methyl sites for hydroxylation is 1. The Labute approximate surface area is 277 Å². The summed E-state index contributed by atoms with van der Waals surface area (Å²) in [5, 5.41) is 4.80. The maximum Gasteiger partial charge on any atom is 0.161 e. The van der Waals surface area contributed by atoms with Gasteiger partial charge in [-0.3, -0.25) is 0 Å². The summed E-state index contributed by atoms with van der Waals surface area (Å²) >= 11 is 0. The minimum atomic E-state index is 0.898. The van der Waals surface area contributed by atoms with Crippen LogP contribution in [-0.2, 0) is 6.54 Å². The average Bonchev–Trinajstić information content (AvgIpc) is 3.87. The molecule has 0 saturated heterocycles. The molecule has 4 heterocycles. The third kappa shape index (κ3) is 3.83. The Morgan fingerprint density at radius 1 is 0.479 bits per heavy atom. The van der Waals surface area contributed by atoms with Gasteiger partial charge in [0.1, 0.15) is 11.1 Å². The summed E-state index contributed by atoms with van der Waals surface area (Å²) in [5.41, 5.74) is 13.7. The van der Waals surface area contributed by atoms with Crippen LogP contribution < -0.4 is 0 Å². The van der Waals surface area contributed by atoms with Crippen LogP contribution in [0.1, 0.15) is 19.8 Å². The van der Waals surface area contributed by atoms with Gasteiger partial charge in [-0.25, -0.2) is 0 Å². The van der Waals surface area contributed by atoms with E-state index in [1.54, 1.807) is 0 Å². The Balaban J connectivity index is 1.24. The number of fused-ring (bicyclic) bond motifs is 10. The number of unbranched alkanes of at least 4 members (excludes halogenated alkanes) is 1. The molecule has 48 heavy (non-hydrogen) atoms. The molecule has 10 rings (SSSR count). The normalized spacial score (nSPS) is 12.1. The van der Waals surface area contributed by atoms with E-state index in [0.29, 0.717) is 0 Å². The molecule has 4 aromatic heterocycles. The number of furan rings is 1. The number of nitrogens with zero attached hydrogens (tertiary/aromatic N) is 3. The van der Waals surface area contributed by atoms with Gasteiger partial charge in [-0.1, -0.05) is 104 Å². The van der Waals surface area contributed by atoms with Crippen LogP contribution in [-0.4, -0.2) is 13.7 Å². The fourth-order valence-electron chi connectivity index (χ4n) is 7.91. The molecule has 6 aromatic carbocycles. The molecule has 0 saturated carbocycles. The summed E-state index contributed by atoms with van der Waals surface area (Å²) in [5.74, 6) is 0. The first-order chi connectivity index (χ1) is 23.8. The van der Waals surface area contributed by atoms with Crippen LogP contribution in [0, 0.1) is 0 Å². The molecule has 0 aliphatic heterocycles. The minimum Gasteiger partial charge on any atom is -0.454 e. The summed E-state index contributed by atoms with van der Waals surface area (Å²) in [6, 6.07) is 52.5. The number of aromatic nitrogens is 3. The topological polar surface area (TPSA) is 27.9 Å². The van der Waals surface area contributed by atoms with Gasteiger partial charge in [-0.15, -0.1) is 0 Å². The highest BCUT2D eigenvalue weighted by atomic mass is 16.3. The average molecular weight is 620 g/mol. The predicted octanol–water partition coefficient (Wildman–Crippen LogP) is 12.0. The second kappa shape index (κ2) is 10.5. The van der Waals surface area contributed by atoms with Gasteiger partial charge in [-0.2, -0.15) is 0 Å². The van der Waals surface area contributed by atoms with Crippen LogP contribution in [0.15, 0.2) is 150 Å². The SMILES string of the molecule is CCCCn1c2ccccc2c2c1c1ccccc1n2-c1cccc(-n2c3ccccc3c3oc4cc(-c5ccccc5)ccc4c32)c1. The van der Waals surface area contributed by atoms with Crippen molar-refractivity contribution in [2.24, 2.45) is 0 Å². The lowest BCUT2D eigenvalue weighted by atomic mass is 10.0. The van der Waals surface area contributed by atoms with Crippen LogP contribution in [0.25, 0.3) is 88.3 Å². The van der Waals surface area contributed by atoms with E-state index in [9.17, 15) is 0 Å². The van der Waals surface area contributed by atoms with Crippen molar-refractivity contribution in [3.05, 3.63) is 146 Å². The standard InChI is InChI=1S/C44H33N3O/c1-2-3-26-45-37-21-10-7-18-33(37)42-41(45)34-19-8-11-22-38(34)46(42)31-16-13-17-32(28-31)47-39-23-12-9-20-35(39)44-43(47)36-25-24-30(27-40(36)48-44)29-14-5-4-6-15-29/h4-25,27-28H,2-3,26H2,1H3. The van der Waals surface area contributed by atoms with E-state index in [2.05, 4.69) is 166 Å². The molecular weight excluding hydrogens is 587 g/mol. The Kier molecular flexibility index (Phi) is 5.94. The van der Waals surface area contributed by atoms with Gasteiger partial charge >= 0.3 is 0 Å². The molecule has 4 heteroatoms. The van der Waals surface area contributed by atoms with Crippen LogP contribution in [0.4, 0.5) is 0 Å². The van der Waals surface area contributed by atoms with Crippen molar-refractivity contribution in [1.29, 1.82) is 0 Å².